The Morgan fingerprint density at radius 2 is 1.85 bits per heavy atom. The van der Waals surface area contributed by atoms with Gasteiger partial charge in [0.25, 0.3) is 0 Å². The molecule has 3 aromatic rings. The smallest absolute Gasteiger partial charge is 0.119 e. The quantitative estimate of drug-likeness (QED) is 0.368. The van der Waals surface area contributed by atoms with Crippen LogP contribution in [0.5, 0.6) is 5.75 Å². The van der Waals surface area contributed by atoms with Crippen molar-refractivity contribution >= 4 is 50.9 Å². The molecule has 136 valence electrons. The number of benzene rings is 2. The van der Waals surface area contributed by atoms with Gasteiger partial charge in [0.1, 0.15) is 18.2 Å². The Hall–Kier alpha value is -1.14. The second kappa shape index (κ2) is 9.18. The van der Waals surface area contributed by atoms with Gasteiger partial charge in [-0.05, 0) is 43.3 Å². The van der Waals surface area contributed by atoms with Crippen LogP contribution in [-0.2, 0) is 6.54 Å². The molecule has 0 N–H and O–H groups in total. The molecule has 0 aliphatic carbocycles. The Morgan fingerprint density at radius 1 is 1.15 bits per heavy atom. The molecule has 0 aliphatic rings. The minimum Gasteiger partial charge on any atom is -0.492 e. The molecule has 0 saturated heterocycles. The molecule has 0 fully saturated rings. The first kappa shape index (κ1) is 19.6. The topological polar surface area (TPSA) is 27.1 Å². The Bertz CT molecular complexity index is 850. The van der Waals surface area contributed by atoms with E-state index in [0.29, 0.717) is 16.7 Å². The number of aromatic nitrogens is 2. The van der Waals surface area contributed by atoms with E-state index in [1.807, 2.05) is 55.6 Å². The van der Waals surface area contributed by atoms with E-state index in [2.05, 4.69) is 25.5 Å². The van der Waals surface area contributed by atoms with Gasteiger partial charge >= 0.3 is 0 Å². The van der Waals surface area contributed by atoms with Gasteiger partial charge in [0.05, 0.1) is 15.3 Å². The van der Waals surface area contributed by atoms with Gasteiger partial charge in [-0.2, -0.15) is 0 Å². The van der Waals surface area contributed by atoms with Crippen LogP contribution >= 0.6 is 50.9 Å². The third kappa shape index (κ3) is 5.19. The maximum absolute atomic E-state index is 6.35. The number of hydrogen-bond acceptors (Lipinski definition) is 3. The van der Waals surface area contributed by atoms with Gasteiger partial charge in [-0.1, -0.05) is 45.2 Å². The SMILES string of the molecule is Cc1nccn1CC(COc1ccc(Br)cc1)Sc1c(Cl)cccc1Cl. The van der Waals surface area contributed by atoms with Crippen LogP contribution in [0, 0.1) is 6.92 Å². The highest BCUT2D eigenvalue weighted by Gasteiger charge is 2.17. The number of ether oxygens (including phenoxy) is 1. The molecular weight excluding hydrogens is 455 g/mol. The first-order valence-electron chi connectivity index (χ1n) is 7.99. The van der Waals surface area contributed by atoms with Crippen molar-refractivity contribution in [2.24, 2.45) is 0 Å². The monoisotopic (exact) mass is 470 g/mol. The molecule has 1 unspecified atom stereocenters. The second-order valence-electron chi connectivity index (χ2n) is 5.68. The highest BCUT2D eigenvalue weighted by molar-refractivity contribution is 9.10. The number of thioether (sulfide) groups is 1. The first-order valence-corrected chi connectivity index (χ1v) is 10.4. The molecule has 0 saturated carbocycles. The minimum absolute atomic E-state index is 0.115. The Morgan fingerprint density at radius 3 is 2.46 bits per heavy atom. The van der Waals surface area contributed by atoms with Gasteiger partial charge < -0.3 is 9.30 Å². The van der Waals surface area contributed by atoms with Gasteiger partial charge in [-0.25, -0.2) is 4.98 Å². The van der Waals surface area contributed by atoms with Crippen molar-refractivity contribution in [3.05, 3.63) is 75.2 Å². The number of aryl methyl sites for hydroxylation is 1. The summed E-state index contributed by atoms with van der Waals surface area (Å²) >= 11 is 17.8. The highest BCUT2D eigenvalue weighted by atomic mass is 79.9. The molecule has 0 spiro atoms. The fourth-order valence-electron chi connectivity index (χ4n) is 2.42. The molecule has 1 aromatic heterocycles. The fourth-order valence-corrected chi connectivity index (χ4v) is 4.42. The summed E-state index contributed by atoms with van der Waals surface area (Å²) in [5.41, 5.74) is 0. The summed E-state index contributed by atoms with van der Waals surface area (Å²) in [5.74, 6) is 1.79. The molecule has 1 atom stereocenters. The molecule has 1 heterocycles. The number of hydrogen-bond donors (Lipinski definition) is 0. The maximum atomic E-state index is 6.35. The van der Waals surface area contributed by atoms with Crippen molar-refractivity contribution in [3.8, 4) is 5.75 Å². The lowest BCUT2D eigenvalue weighted by Gasteiger charge is -2.20. The predicted molar refractivity (Wildman–Crippen MR) is 113 cm³/mol. The van der Waals surface area contributed by atoms with Crippen LogP contribution in [0.25, 0.3) is 0 Å². The van der Waals surface area contributed by atoms with Crippen LogP contribution in [0.4, 0.5) is 0 Å². The van der Waals surface area contributed by atoms with Gasteiger partial charge in [-0.3, -0.25) is 0 Å². The van der Waals surface area contributed by atoms with E-state index in [-0.39, 0.29) is 5.25 Å². The third-order valence-electron chi connectivity index (χ3n) is 3.78. The van der Waals surface area contributed by atoms with Crippen LogP contribution in [0.15, 0.2) is 64.2 Å². The molecule has 0 bridgehead atoms. The normalized spacial score (nSPS) is 12.2. The van der Waals surface area contributed by atoms with Crippen molar-refractivity contribution in [1.82, 2.24) is 9.55 Å². The molecule has 0 radical (unpaired) electrons. The lowest BCUT2D eigenvalue weighted by molar-refractivity contribution is 0.307. The molecule has 3 nitrogen and oxygen atoms in total. The lowest BCUT2D eigenvalue weighted by Crippen LogP contribution is -2.21. The molecule has 26 heavy (non-hydrogen) atoms. The molecular formula is C19H17BrCl2N2OS. The van der Waals surface area contributed by atoms with Crippen LogP contribution in [0.1, 0.15) is 5.82 Å². The van der Waals surface area contributed by atoms with Crippen molar-refractivity contribution < 1.29 is 4.74 Å². The Labute approximate surface area is 175 Å². The van der Waals surface area contributed by atoms with Crippen molar-refractivity contribution in [2.75, 3.05) is 6.61 Å². The molecule has 2 aromatic carbocycles. The zero-order chi connectivity index (χ0) is 18.5. The van der Waals surface area contributed by atoms with E-state index in [4.69, 9.17) is 27.9 Å². The zero-order valence-corrected chi connectivity index (χ0v) is 17.9. The van der Waals surface area contributed by atoms with Gasteiger partial charge in [-0.15, -0.1) is 11.8 Å². The van der Waals surface area contributed by atoms with Gasteiger partial charge in [0.15, 0.2) is 0 Å². The van der Waals surface area contributed by atoms with Crippen LogP contribution in [0.3, 0.4) is 0 Å². The Balaban J connectivity index is 1.77. The second-order valence-corrected chi connectivity index (χ2v) is 8.72. The predicted octanol–water partition coefficient (Wildman–Crippen LogP) is 6.50. The van der Waals surface area contributed by atoms with Crippen molar-refractivity contribution in [2.45, 2.75) is 23.6 Å². The summed E-state index contributed by atoms with van der Waals surface area (Å²) in [6, 6.07) is 13.4. The van der Waals surface area contributed by atoms with Gasteiger partial charge in [0, 0.05) is 28.3 Å². The summed E-state index contributed by atoms with van der Waals surface area (Å²) < 4.78 is 9.13. The summed E-state index contributed by atoms with van der Waals surface area (Å²) in [4.78, 5) is 5.17. The average Bonchev–Trinajstić information content (AvgIpc) is 3.02. The highest BCUT2D eigenvalue weighted by Crippen LogP contribution is 2.37. The van der Waals surface area contributed by atoms with Gasteiger partial charge in [0.2, 0.25) is 0 Å². The fraction of sp³-hybridized carbons (Fsp3) is 0.211. The largest absolute Gasteiger partial charge is 0.492 e. The maximum Gasteiger partial charge on any atom is 0.119 e. The summed E-state index contributed by atoms with van der Waals surface area (Å²) in [6.45, 7) is 3.25. The van der Waals surface area contributed by atoms with E-state index < -0.39 is 0 Å². The van der Waals surface area contributed by atoms with Crippen LogP contribution in [-0.4, -0.2) is 21.4 Å². The van der Waals surface area contributed by atoms with Crippen molar-refractivity contribution in [1.29, 1.82) is 0 Å². The minimum atomic E-state index is 0.115. The van der Waals surface area contributed by atoms with Crippen molar-refractivity contribution in [3.63, 3.8) is 0 Å². The van der Waals surface area contributed by atoms with E-state index in [1.54, 1.807) is 18.0 Å². The van der Waals surface area contributed by atoms with Crippen LogP contribution in [0.2, 0.25) is 10.0 Å². The summed E-state index contributed by atoms with van der Waals surface area (Å²) in [6.07, 6.45) is 3.77. The van der Waals surface area contributed by atoms with Crippen LogP contribution < -0.4 is 4.74 Å². The molecule has 0 amide bonds. The average molecular weight is 472 g/mol. The van der Waals surface area contributed by atoms with E-state index in [9.17, 15) is 0 Å². The number of nitrogens with zero attached hydrogens (tertiary/aromatic N) is 2. The third-order valence-corrected chi connectivity index (χ3v) is 6.45. The summed E-state index contributed by atoms with van der Waals surface area (Å²) in [5, 5.41) is 1.42. The zero-order valence-electron chi connectivity index (χ0n) is 14.0. The first-order chi connectivity index (χ1) is 12.5. The summed E-state index contributed by atoms with van der Waals surface area (Å²) in [7, 11) is 0. The number of rotatable bonds is 7. The Kier molecular flexibility index (Phi) is 6.92. The molecule has 7 heteroatoms. The molecule has 3 rings (SSSR count). The molecule has 0 aliphatic heterocycles. The van der Waals surface area contributed by atoms with E-state index in [1.165, 1.54) is 0 Å². The van der Waals surface area contributed by atoms with E-state index in [0.717, 1.165) is 27.5 Å². The van der Waals surface area contributed by atoms with E-state index >= 15 is 0 Å². The lowest BCUT2D eigenvalue weighted by atomic mass is 10.3. The number of halogens is 3. The number of imidazole rings is 1. The standard InChI is InChI=1S/C19H17BrCl2N2OS/c1-13-23-9-10-24(13)11-16(12-25-15-7-5-14(20)6-8-15)26-19-17(21)3-2-4-18(19)22/h2-10,16H,11-12H2,1H3.